The Morgan fingerprint density at radius 1 is 1.22 bits per heavy atom. The van der Waals surface area contributed by atoms with E-state index in [9.17, 15) is 19.1 Å². The molecule has 1 atom stereocenters. The van der Waals surface area contributed by atoms with Crippen LogP contribution in [0.15, 0.2) is 42.6 Å². The molecule has 1 unspecified atom stereocenters. The lowest BCUT2D eigenvalue weighted by atomic mass is 9.85. The van der Waals surface area contributed by atoms with Crippen LogP contribution >= 0.6 is 0 Å². The van der Waals surface area contributed by atoms with Crippen molar-refractivity contribution in [2.75, 3.05) is 18.4 Å². The number of halogens is 1. The Morgan fingerprint density at radius 3 is 2.78 bits per heavy atom. The number of aromatic nitrogens is 5. The van der Waals surface area contributed by atoms with Crippen molar-refractivity contribution >= 4 is 28.7 Å². The van der Waals surface area contributed by atoms with Crippen LogP contribution in [-0.2, 0) is 16.8 Å². The summed E-state index contributed by atoms with van der Waals surface area (Å²) >= 11 is 0. The highest BCUT2D eigenvalue weighted by molar-refractivity contribution is 6.09. The van der Waals surface area contributed by atoms with E-state index >= 15 is 0 Å². The average molecular weight is 502 g/mol. The van der Waals surface area contributed by atoms with Crippen molar-refractivity contribution in [1.29, 1.82) is 0 Å². The predicted molar refractivity (Wildman–Crippen MR) is 132 cm³/mol. The largest absolute Gasteiger partial charge is 0.391 e. The summed E-state index contributed by atoms with van der Waals surface area (Å²) in [6.07, 6.45) is 1.49. The smallest absolute Gasteiger partial charge is 0.273 e. The molecule has 11 heteroatoms. The van der Waals surface area contributed by atoms with E-state index in [1.165, 1.54) is 11.0 Å². The zero-order valence-electron chi connectivity index (χ0n) is 20.3. The lowest BCUT2D eigenvalue weighted by Gasteiger charge is -2.21. The van der Waals surface area contributed by atoms with Crippen LogP contribution in [0.5, 0.6) is 0 Å². The molecule has 1 saturated heterocycles. The lowest BCUT2D eigenvalue weighted by Crippen LogP contribution is -2.34. The predicted octanol–water partition coefficient (Wildman–Crippen LogP) is 2.51. The molecular formula is C26H24FN7O3. The number of aliphatic hydroxyl groups is 1. The van der Waals surface area contributed by atoms with E-state index in [4.69, 9.17) is 0 Å². The molecule has 0 radical (unpaired) electrons. The zero-order chi connectivity index (χ0) is 25.9. The number of hydrogen-bond donors (Lipinski definition) is 2. The number of amides is 2. The van der Waals surface area contributed by atoms with Crippen LogP contribution in [-0.4, -0.2) is 65.7 Å². The summed E-state index contributed by atoms with van der Waals surface area (Å²) in [5, 5.41) is 18.1. The van der Waals surface area contributed by atoms with Gasteiger partial charge in [-0.15, -0.1) is 0 Å². The second-order valence-corrected chi connectivity index (χ2v) is 9.86. The Morgan fingerprint density at radius 2 is 2.03 bits per heavy atom. The molecule has 3 aromatic heterocycles. The number of carbonyl (C=O) groups excluding carboxylic acids is 2. The fourth-order valence-electron chi connectivity index (χ4n) is 4.93. The minimum absolute atomic E-state index is 0.0955. The summed E-state index contributed by atoms with van der Waals surface area (Å²) in [6, 6.07) is 9.99. The Labute approximate surface area is 211 Å². The first-order valence-electron chi connectivity index (χ1n) is 12.0. The minimum atomic E-state index is -1.02. The molecule has 2 aliphatic rings. The summed E-state index contributed by atoms with van der Waals surface area (Å²) in [4.78, 5) is 41.6. The van der Waals surface area contributed by atoms with Crippen molar-refractivity contribution in [1.82, 2.24) is 29.6 Å². The quantitative estimate of drug-likeness (QED) is 0.440. The van der Waals surface area contributed by atoms with Crippen LogP contribution in [0.4, 0.5) is 10.2 Å². The molecule has 2 N–H and O–H groups in total. The highest BCUT2D eigenvalue weighted by Crippen LogP contribution is 2.40. The van der Waals surface area contributed by atoms with Crippen molar-refractivity contribution in [2.24, 2.45) is 0 Å². The first-order chi connectivity index (χ1) is 17.7. The van der Waals surface area contributed by atoms with Gasteiger partial charge in [0.05, 0.1) is 23.4 Å². The molecule has 1 aromatic carbocycles. The molecule has 1 fully saturated rings. The van der Waals surface area contributed by atoms with Gasteiger partial charge in [0.1, 0.15) is 23.0 Å². The summed E-state index contributed by atoms with van der Waals surface area (Å²) in [6.45, 7) is 4.15. The lowest BCUT2D eigenvalue weighted by molar-refractivity contribution is -0.119. The molecule has 0 bridgehead atoms. The first kappa shape index (κ1) is 23.2. The standard InChI is InChI=1S/C26H24FN7O3/c1-26(2)18-20(24(36)33-11-9-15(35)13-33)29-22(30-21(18)31-25(26)37)19-16-7-5-10-28-23(16)34(32-19)12-14-6-3-4-8-17(14)27/h3-8,10,15,35H,9,11-13H2,1-2H3,(H,29,30,31,37). The van der Waals surface area contributed by atoms with Gasteiger partial charge in [-0.3, -0.25) is 9.59 Å². The fraction of sp³-hybridized carbons (Fsp3) is 0.308. The number of hydrogen-bond acceptors (Lipinski definition) is 7. The number of carbonyl (C=O) groups is 2. The summed E-state index contributed by atoms with van der Waals surface area (Å²) in [5.41, 5.74) is 0.794. The zero-order valence-corrected chi connectivity index (χ0v) is 20.3. The van der Waals surface area contributed by atoms with Gasteiger partial charge in [-0.05, 0) is 38.5 Å². The van der Waals surface area contributed by atoms with Crippen molar-refractivity contribution in [2.45, 2.75) is 38.3 Å². The second kappa shape index (κ2) is 8.41. The van der Waals surface area contributed by atoms with Crippen LogP contribution in [0.25, 0.3) is 22.6 Å². The van der Waals surface area contributed by atoms with Crippen LogP contribution < -0.4 is 5.32 Å². The van der Waals surface area contributed by atoms with Gasteiger partial charge in [-0.2, -0.15) is 5.10 Å². The van der Waals surface area contributed by atoms with E-state index in [-0.39, 0.29) is 48.1 Å². The van der Waals surface area contributed by atoms with E-state index in [1.807, 2.05) is 0 Å². The van der Waals surface area contributed by atoms with Gasteiger partial charge in [-0.1, -0.05) is 18.2 Å². The van der Waals surface area contributed by atoms with Crippen LogP contribution in [0, 0.1) is 5.82 Å². The number of benzene rings is 1. The molecule has 0 saturated carbocycles. The number of nitrogens with zero attached hydrogens (tertiary/aromatic N) is 6. The molecule has 188 valence electrons. The molecule has 10 nitrogen and oxygen atoms in total. The summed E-state index contributed by atoms with van der Waals surface area (Å²) in [5.74, 6) is -0.632. The molecule has 4 aromatic rings. The fourth-order valence-corrected chi connectivity index (χ4v) is 4.93. The van der Waals surface area contributed by atoms with Gasteiger partial charge in [0.25, 0.3) is 5.91 Å². The third kappa shape index (κ3) is 3.73. The van der Waals surface area contributed by atoms with E-state index < -0.39 is 11.5 Å². The SMILES string of the molecule is CC1(C)C(=O)Nc2nc(-c3nn(Cc4ccccc4F)c4ncccc34)nc(C(=O)N3CCC(O)C3)c21. The molecule has 2 aliphatic heterocycles. The van der Waals surface area contributed by atoms with Crippen molar-refractivity contribution in [3.63, 3.8) is 0 Å². The van der Waals surface area contributed by atoms with E-state index in [0.717, 1.165) is 0 Å². The molecule has 0 aliphatic carbocycles. The third-order valence-corrected chi connectivity index (χ3v) is 6.98. The second-order valence-electron chi connectivity index (χ2n) is 9.86. The Kier molecular flexibility index (Phi) is 5.27. The number of β-amino-alcohol motifs (C(OH)–C–C–N with tert-alkyl or cyclic N) is 1. The minimum Gasteiger partial charge on any atom is -0.391 e. The third-order valence-electron chi connectivity index (χ3n) is 6.98. The highest BCUT2D eigenvalue weighted by atomic mass is 19.1. The molecule has 0 spiro atoms. The van der Waals surface area contributed by atoms with Crippen molar-refractivity contribution in [3.05, 3.63) is 65.2 Å². The van der Waals surface area contributed by atoms with Crippen molar-refractivity contribution < 1.29 is 19.1 Å². The topological polar surface area (TPSA) is 126 Å². The number of aliphatic hydroxyl groups excluding tert-OH is 1. The molecule has 2 amide bonds. The van der Waals surface area contributed by atoms with Crippen molar-refractivity contribution in [3.8, 4) is 11.5 Å². The van der Waals surface area contributed by atoms with Crippen LogP contribution in [0.1, 0.15) is 41.9 Å². The number of rotatable bonds is 4. The monoisotopic (exact) mass is 501 g/mol. The highest BCUT2D eigenvalue weighted by Gasteiger charge is 2.45. The normalized spacial score (nSPS) is 18.3. The first-order valence-corrected chi connectivity index (χ1v) is 12.0. The average Bonchev–Trinajstić information content (AvgIpc) is 3.54. The van der Waals surface area contributed by atoms with Gasteiger partial charge in [0.2, 0.25) is 5.91 Å². The molecule has 6 rings (SSSR count). The molecular weight excluding hydrogens is 477 g/mol. The number of fused-ring (bicyclic) bond motifs is 2. The van der Waals surface area contributed by atoms with E-state index in [1.54, 1.807) is 55.1 Å². The van der Waals surface area contributed by atoms with Gasteiger partial charge in [-0.25, -0.2) is 24.0 Å². The number of nitrogens with one attached hydrogen (secondary N) is 1. The number of anilines is 1. The Hall–Kier alpha value is -4.25. The Balaban J connectivity index is 1.52. The summed E-state index contributed by atoms with van der Waals surface area (Å²) < 4.78 is 16.0. The summed E-state index contributed by atoms with van der Waals surface area (Å²) in [7, 11) is 0. The maximum absolute atomic E-state index is 14.4. The maximum atomic E-state index is 14.4. The number of likely N-dealkylation sites (tertiary alicyclic amines) is 1. The van der Waals surface area contributed by atoms with Gasteiger partial charge >= 0.3 is 0 Å². The van der Waals surface area contributed by atoms with Gasteiger partial charge < -0.3 is 15.3 Å². The molecule has 37 heavy (non-hydrogen) atoms. The Bertz CT molecular complexity index is 1580. The van der Waals surface area contributed by atoms with Crippen LogP contribution in [0.3, 0.4) is 0 Å². The van der Waals surface area contributed by atoms with E-state index in [0.29, 0.717) is 40.8 Å². The van der Waals surface area contributed by atoms with Gasteiger partial charge in [0.15, 0.2) is 11.5 Å². The van der Waals surface area contributed by atoms with E-state index in [2.05, 4.69) is 25.4 Å². The van der Waals surface area contributed by atoms with Gasteiger partial charge in [0, 0.05) is 30.4 Å². The maximum Gasteiger partial charge on any atom is 0.273 e. The number of pyridine rings is 1. The molecule has 5 heterocycles. The van der Waals surface area contributed by atoms with Crippen LogP contribution in [0.2, 0.25) is 0 Å².